The van der Waals surface area contributed by atoms with Gasteiger partial charge in [0, 0.05) is 6.42 Å². The van der Waals surface area contributed by atoms with Crippen LogP contribution in [0, 0.1) is 0 Å². The minimum absolute atomic E-state index is 0.219. The summed E-state index contributed by atoms with van der Waals surface area (Å²) in [6.07, 6.45) is 2.11. The highest BCUT2D eigenvalue weighted by Gasteiger charge is 2.37. The fraction of sp³-hybridized carbons (Fsp3) is 0.421. The van der Waals surface area contributed by atoms with Crippen molar-refractivity contribution in [3.05, 3.63) is 59.5 Å². The van der Waals surface area contributed by atoms with Crippen molar-refractivity contribution in [1.29, 1.82) is 0 Å². The fourth-order valence-electron chi connectivity index (χ4n) is 2.58. The monoisotopic (exact) mass is 300 g/mol. The fourth-order valence-corrected chi connectivity index (χ4v) is 2.58. The van der Waals surface area contributed by atoms with E-state index < -0.39 is 5.41 Å². The molecular weight excluding hydrogens is 276 g/mol. The predicted octanol–water partition coefficient (Wildman–Crippen LogP) is 4.47. The summed E-state index contributed by atoms with van der Waals surface area (Å²) in [7, 11) is 0. The Kier molecular flexibility index (Phi) is 5.07. The zero-order valence-corrected chi connectivity index (χ0v) is 13.8. The van der Waals surface area contributed by atoms with E-state index >= 15 is 0 Å². The maximum Gasteiger partial charge on any atom is 0.316 e. The summed E-state index contributed by atoms with van der Waals surface area (Å²) in [6.45, 7) is 8.42. The molecular formula is C19H24O3. The van der Waals surface area contributed by atoms with Gasteiger partial charge >= 0.3 is 5.97 Å². The van der Waals surface area contributed by atoms with E-state index in [0.717, 1.165) is 11.3 Å². The van der Waals surface area contributed by atoms with Gasteiger partial charge in [-0.15, -0.1) is 0 Å². The van der Waals surface area contributed by atoms with Crippen LogP contribution in [-0.4, -0.2) is 12.6 Å². The van der Waals surface area contributed by atoms with Gasteiger partial charge in [-0.3, -0.25) is 4.79 Å². The molecule has 3 nitrogen and oxygen atoms in total. The van der Waals surface area contributed by atoms with E-state index in [2.05, 4.69) is 26.0 Å². The van der Waals surface area contributed by atoms with Gasteiger partial charge in [-0.05, 0) is 43.0 Å². The van der Waals surface area contributed by atoms with Gasteiger partial charge in [-0.25, -0.2) is 0 Å². The van der Waals surface area contributed by atoms with E-state index in [1.165, 1.54) is 5.56 Å². The molecule has 0 bridgehead atoms. The molecule has 22 heavy (non-hydrogen) atoms. The molecule has 3 heteroatoms. The van der Waals surface area contributed by atoms with E-state index in [4.69, 9.17) is 9.15 Å². The first-order valence-electron chi connectivity index (χ1n) is 7.77. The molecule has 1 heterocycles. The quantitative estimate of drug-likeness (QED) is 0.739. The Hall–Kier alpha value is -2.03. The van der Waals surface area contributed by atoms with Crippen molar-refractivity contribution >= 4 is 5.97 Å². The van der Waals surface area contributed by atoms with Gasteiger partial charge in [0.15, 0.2) is 0 Å². The molecule has 0 spiro atoms. The second-order valence-electron chi connectivity index (χ2n) is 6.09. The molecule has 118 valence electrons. The summed E-state index contributed by atoms with van der Waals surface area (Å²) in [5, 5.41) is 0. The summed E-state index contributed by atoms with van der Waals surface area (Å²) in [6, 6.07) is 11.9. The number of carbonyl (C=O) groups is 1. The summed E-state index contributed by atoms with van der Waals surface area (Å²) in [5.74, 6) is 1.03. The van der Waals surface area contributed by atoms with Crippen LogP contribution < -0.4 is 0 Å². The Labute approximate surface area is 132 Å². The topological polar surface area (TPSA) is 39.4 Å². The predicted molar refractivity (Wildman–Crippen MR) is 86.9 cm³/mol. The van der Waals surface area contributed by atoms with Crippen LogP contribution in [0.2, 0.25) is 0 Å². The van der Waals surface area contributed by atoms with Crippen LogP contribution >= 0.6 is 0 Å². The highest BCUT2D eigenvalue weighted by molar-refractivity contribution is 5.83. The van der Waals surface area contributed by atoms with Gasteiger partial charge in [0.05, 0.1) is 18.3 Å². The lowest BCUT2D eigenvalue weighted by molar-refractivity contribution is -0.149. The Bertz CT molecular complexity index is 596. The average molecular weight is 300 g/mol. The van der Waals surface area contributed by atoms with Crippen LogP contribution in [0.4, 0.5) is 0 Å². The van der Waals surface area contributed by atoms with Crippen molar-refractivity contribution < 1.29 is 13.9 Å². The summed E-state index contributed by atoms with van der Waals surface area (Å²) in [5.41, 5.74) is 1.46. The molecule has 0 saturated carbocycles. The first-order valence-corrected chi connectivity index (χ1v) is 7.77. The third-order valence-corrected chi connectivity index (χ3v) is 4.05. The van der Waals surface area contributed by atoms with Gasteiger partial charge in [-0.2, -0.15) is 0 Å². The van der Waals surface area contributed by atoms with Gasteiger partial charge in [-0.1, -0.05) is 38.1 Å². The standard InChI is InChI=1S/C19H24O3/c1-5-21-18(20)19(4,13-17-7-6-12-22-17)16-10-8-15(9-11-16)14(2)3/h6-12,14H,5,13H2,1-4H3. The van der Waals surface area contributed by atoms with Crippen molar-refractivity contribution in [2.24, 2.45) is 0 Å². The summed E-state index contributed by atoms with van der Waals surface area (Å²) >= 11 is 0. The molecule has 0 fully saturated rings. The smallest absolute Gasteiger partial charge is 0.316 e. The Morgan fingerprint density at radius 2 is 1.91 bits per heavy atom. The van der Waals surface area contributed by atoms with E-state index in [1.54, 1.807) is 6.26 Å². The maximum atomic E-state index is 12.5. The molecule has 1 atom stereocenters. The second-order valence-corrected chi connectivity index (χ2v) is 6.09. The lowest BCUT2D eigenvalue weighted by Crippen LogP contribution is -2.36. The van der Waals surface area contributed by atoms with Crippen molar-refractivity contribution in [3.63, 3.8) is 0 Å². The molecule has 0 saturated heterocycles. The van der Waals surface area contributed by atoms with Crippen LogP contribution in [0.25, 0.3) is 0 Å². The van der Waals surface area contributed by atoms with E-state index in [1.807, 2.05) is 38.1 Å². The SMILES string of the molecule is CCOC(=O)C(C)(Cc1ccco1)c1ccc(C(C)C)cc1. The molecule has 1 aromatic carbocycles. The molecule has 0 aliphatic rings. The minimum atomic E-state index is -0.747. The molecule has 0 aliphatic heterocycles. The number of carbonyl (C=O) groups excluding carboxylic acids is 1. The summed E-state index contributed by atoms with van der Waals surface area (Å²) in [4.78, 5) is 12.5. The van der Waals surface area contributed by atoms with Crippen LogP contribution in [-0.2, 0) is 21.4 Å². The zero-order valence-electron chi connectivity index (χ0n) is 13.8. The Morgan fingerprint density at radius 1 is 1.23 bits per heavy atom. The molecule has 1 unspecified atom stereocenters. The lowest BCUT2D eigenvalue weighted by atomic mass is 9.78. The molecule has 2 aromatic rings. The number of hydrogen-bond donors (Lipinski definition) is 0. The van der Waals surface area contributed by atoms with E-state index in [0.29, 0.717) is 18.9 Å². The van der Waals surface area contributed by atoms with Crippen LogP contribution in [0.15, 0.2) is 47.1 Å². The average Bonchev–Trinajstić information content (AvgIpc) is 3.00. The van der Waals surface area contributed by atoms with Crippen molar-refractivity contribution in [2.45, 2.75) is 45.4 Å². The second kappa shape index (κ2) is 6.82. The number of benzene rings is 1. The Balaban J connectivity index is 2.36. The normalized spacial score (nSPS) is 13.9. The molecule has 1 aromatic heterocycles. The molecule has 0 aliphatic carbocycles. The largest absolute Gasteiger partial charge is 0.469 e. The van der Waals surface area contributed by atoms with Gasteiger partial charge in [0.2, 0.25) is 0 Å². The maximum absolute atomic E-state index is 12.5. The first-order chi connectivity index (χ1) is 10.5. The number of hydrogen-bond acceptors (Lipinski definition) is 3. The van der Waals surface area contributed by atoms with E-state index in [-0.39, 0.29) is 5.97 Å². The highest BCUT2D eigenvalue weighted by Crippen LogP contribution is 2.31. The van der Waals surface area contributed by atoms with Gasteiger partial charge < -0.3 is 9.15 Å². The number of ether oxygens (including phenoxy) is 1. The van der Waals surface area contributed by atoms with Crippen molar-refractivity contribution in [2.75, 3.05) is 6.61 Å². The van der Waals surface area contributed by atoms with E-state index in [9.17, 15) is 4.79 Å². The number of rotatable bonds is 6. The van der Waals surface area contributed by atoms with Gasteiger partial charge in [0.1, 0.15) is 5.76 Å². The van der Waals surface area contributed by atoms with Crippen LogP contribution in [0.3, 0.4) is 0 Å². The molecule has 0 N–H and O–H groups in total. The van der Waals surface area contributed by atoms with Crippen LogP contribution in [0.1, 0.15) is 50.5 Å². The summed E-state index contributed by atoms with van der Waals surface area (Å²) < 4.78 is 10.7. The number of esters is 1. The highest BCUT2D eigenvalue weighted by atomic mass is 16.5. The van der Waals surface area contributed by atoms with Gasteiger partial charge in [0.25, 0.3) is 0 Å². The van der Waals surface area contributed by atoms with Crippen molar-refractivity contribution in [3.8, 4) is 0 Å². The third kappa shape index (κ3) is 3.41. The third-order valence-electron chi connectivity index (χ3n) is 4.05. The molecule has 0 radical (unpaired) electrons. The Morgan fingerprint density at radius 3 is 2.41 bits per heavy atom. The minimum Gasteiger partial charge on any atom is -0.469 e. The first kappa shape index (κ1) is 16.3. The zero-order chi connectivity index (χ0) is 16.2. The number of furan rings is 1. The molecule has 2 rings (SSSR count). The van der Waals surface area contributed by atoms with Crippen LogP contribution in [0.5, 0.6) is 0 Å². The lowest BCUT2D eigenvalue weighted by Gasteiger charge is -2.27. The molecule has 0 amide bonds. The van der Waals surface area contributed by atoms with Crippen molar-refractivity contribution in [1.82, 2.24) is 0 Å².